The van der Waals surface area contributed by atoms with E-state index in [1.54, 1.807) is 4.90 Å². The van der Waals surface area contributed by atoms with Crippen LogP contribution in [0.25, 0.3) is 0 Å². The van der Waals surface area contributed by atoms with Crippen LogP contribution in [0, 0.1) is 21.8 Å². The van der Waals surface area contributed by atoms with E-state index in [0.717, 1.165) is 25.2 Å². The lowest BCUT2D eigenvalue weighted by atomic mass is 9.99. The first-order valence-electron chi connectivity index (χ1n) is 5.86. The van der Waals surface area contributed by atoms with Gasteiger partial charge in [0, 0.05) is 19.0 Å². The van der Waals surface area contributed by atoms with E-state index < -0.39 is 10.7 Å². The first-order chi connectivity index (χ1) is 9.02. The third-order valence-corrected chi connectivity index (χ3v) is 3.49. The van der Waals surface area contributed by atoms with Gasteiger partial charge in [0.25, 0.3) is 5.69 Å². The zero-order valence-electron chi connectivity index (χ0n) is 10.0. The highest BCUT2D eigenvalue weighted by Gasteiger charge is 2.26. The first-order valence-corrected chi connectivity index (χ1v) is 6.24. The number of benzene rings is 1. The highest BCUT2D eigenvalue weighted by atomic mass is 35.5. The summed E-state index contributed by atoms with van der Waals surface area (Å²) in [6.07, 6.45) is 2.38. The molecule has 102 valence electrons. The molecule has 0 amide bonds. The normalized spacial score (nSPS) is 19.3. The highest BCUT2D eigenvalue weighted by Crippen LogP contribution is 2.35. The Kier molecular flexibility index (Phi) is 3.99. The molecule has 0 radical (unpaired) electrons. The fourth-order valence-corrected chi connectivity index (χ4v) is 2.42. The molecule has 19 heavy (non-hydrogen) atoms. The molecule has 1 heterocycles. The Balaban J connectivity index is 2.40. The summed E-state index contributed by atoms with van der Waals surface area (Å²) in [7, 11) is 0. The molecule has 5 nitrogen and oxygen atoms in total. The maximum atomic E-state index is 13.3. The third kappa shape index (κ3) is 2.84. The lowest BCUT2D eigenvalue weighted by Crippen LogP contribution is -2.36. The molecule has 2 rings (SSSR count). The minimum atomic E-state index is -0.818. The van der Waals surface area contributed by atoms with Crippen LogP contribution in [-0.4, -0.2) is 24.3 Å². The molecule has 1 aliphatic rings. The molecule has 1 fully saturated rings. The van der Waals surface area contributed by atoms with Gasteiger partial charge in [0.1, 0.15) is 17.8 Å². The summed E-state index contributed by atoms with van der Waals surface area (Å²) in [5, 5.41) is 10.8. The number of nitro groups is 1. The van der Waals surface area contributed by atoms with Gasteiger partial charge in [-0.1, -0.05) is 11.6 Å². The largest absolute Gasteiger partial charge is 0.365 e. The molecule has 1 unspecified atom stereocenters. The molecule has 0 saturated carbocycles. The Labute approximate surface area is 114 Å². The number of aldehydes is 1. The van der Waals surface area contributed by atoms with Gasteiger partial charge in [-0.15, -0.1) is 0 Å². The summed E-state index contributed by atoms with van der Waals surface area (Å²) in [6.45, 7) is 0.986. The van der Waals surface area contributed by atoms with Crippen LogP contribution in [0.2, 0.25) is 5.02 Å². The second-order valence-electron chi connectivity index (χ2n) is 4.50. The van der Waals surface area contributed by atoms with Crippen molar-refractivity contribution in [2.24, 2.45) is 5.92 Å². The predicted octanol–water partition coefficient (Wildman–Crippen LogP) is 2.80. The van der Waals surface area contributed by atoms with Crippen molar-refractivity contribution in [2.75, 3.05) is 18.0 Å². The summed E-state index contributed by atoms with van der Waals surface area (Å²) >= 11 is 5.69. The van der Waals surface area contributed by atoms with Gasteiger partial charge in [0.2, 0.25) is 0 Å². The summed E-state index contributed by atoms with van der Waals surface area (Å²) in [5.74, 6) is -0.974. The number of carbonyl (C=O) groups is 1. The SMILES string of the molecule is O=CC1CCCN(c2cc(Cl)c(F)cc2[N+](=O)[O-])C1. The monoisotopic (exact) mass is 286 g/mol. The van der Waals surface area contributed by atoms with Crippen LogP contribution in [0.1, 0.15) is 12.8 Å². The molecule has 0 N–H and O–H groups in total. The van der Waals surface area contributed by atoms with Gasteiger partial charge < -0.3 is 9.69 Å². The maximum Gasteiger partial charge on any atom is 0.295 e. The molecule has 1 aliphatic heterocycles. The summed E-state index contributed by atoms with van der Waals surface area (Å²) in [5.41, 5.74) is -0.0589. The molecule has 0 spiro atoms. The number of piperidine rings is 1. The number of hydrogen-bond acceptors (Lipinski definition) is 4. The topological polar surface area (TPSA) is 63.5 Å². The lowest BCUT2D eigenvalue weighted by molar-refractivity contribution is -0.384. The Morgan fingerprint density at radius 1 is 1.53 bits per heavy atom. The minimum Gasteiger partial charge on any atom is -0.365 e. The molecule has 1 aromatic rings. The van der Waals surface area contributed by atoms with Crippen molar-refractivity contribution in [1.29, 1.82) is 0 Å². The van der Waals surface area contributed by atoms with Crippen LogP contribution in [-0.2, 0) is 4.79 Å². The molecule has 1 aromatic carbocycles. The van der Waals surface area contributed by atoms with E-state index >= 15 is 0 Å². The van der Waals surface area contributed by atoms with Gasteiger partial charge in [0.05, 0.1) is 16.0 Å². The van der Waals surface area contributed by atoms with E-state index in [-0.39, 0.29) is 22.3 Å². The predicted molar refractivity (Wildman–Crippen MR) is 69.1 cm³/mol. The second kappa shape index (κ2) is 5.52. The van der Waals surface area contributed by atoms with Crippen molar-refractivity contribution in [3.05, 3.63) is 33.1 Å². The Morgan fingerprint density at radius 2 is 2.26 bits per heavy atom. The van der Waals surface area contributed by atoms with Gasteiger partial charge >= 0.3 is 0 Å². The fraction of sp³-hybridized carbons (Fsp3) is 0.417. The Morgan fingerprint density at radius 3 is 2.89 bits per heavy atom. The van der Waals surface area contributed by atoms with Gasteiger partial charge in [-0.3, -0.25) is 10.1 Å². The maximum absolute atomic E-state index is 13.3. The third-order valence-electron chi connectivity index (χ3n) is 3.21. The zero-order chi connectivity index (χ0) is 14.0. The first kappa shape index (κ1) is 13.7. The Hall–Kier alpha value is -1.69. The van der Waals surface area contributed by atoms with Gasteiger partial charge in [-0.05, 0) is 18.9 Å². The van der Waals surface area contributed by atoms with Crippen LogP contribution in [0.3, 0.4) is 0 Å². The van der Waals surface area contributed by atoms with E-state index in [4.69, 9.17) is 11.6 Å². The van der Waals surface area contributed by atoms with Gasteiger partial charge in [-0.25, -0.2) is 4.39 Å². The standard InChI is InChI=1S/C12H12ClFN2O3/c13-9-4-11(12(16(18)19)5-10(9)14)15-3-1-2-8(6-15)7-17/h4-5,7-8H,1-3,6H2. The van der Waals surface area contributed by atoms with Crippen molar-refractivity contribution in [3.63, 3.8) is 0 Å². The molecule has 0 aliphatic carbocycles. The average molecular weight is 287 g/mol. The lowest BCUT2D eigenvalue weighted by Gasteiger charge is -2.31. The van der Waals surface area contributed by atoms with Gasteiger partial charge in [0.15, 0.2) is 0 Å². The summed E-state index contributed by atoms with van der Waals surface area (Å²) in [6, 6.07) is 2.07. The van der Waals surface area contributed by atoms with Crippen LogP contribution >= 0.6 is 11.6 Å². The van der Waals surface area contributed by atoms with E-state index in [9.17, 15) is 19.3 Å². The van der Waals surface area contributed by atoms with Crippen molar-refractivity contribution in [3.8, 4) is 0 Å². The van der Waals surface area contributed by atoms with Crippen molar-refractivity contribution in [2.45, 2.75) is 12.8 Å². The number of halogens is 2. The molecule has 0 aromatic heterocycles. The number of anilines is 1. The van der Waals surface area contributed by atoms with E-state index in [1.165, 1.54) is 6.07 Å². The second-order valence-corrected chi connectivity index (χ2v) is 4.90. The number of nitro benzene ring substituents is 1. The van der Waals surface area contributed by atoms with Crippen LogP contribution in [0.15, 0.2) is 12.1 Å². The van der Waals surface area contributed by atoms with Crippen LogP contribution in [0.4, 0.5) is 15.8 Å². The van der Waals surface area contributed by atoms with E-state index in [2.05, 4.69) is 0 Å². The quantitative estimate of drug-likeness (QED) is 0.487. The number of rotatable bonds is 3. The summed E-state index contributed by atoms with van der Waals surface area (Å²) < 4.78 is 13.3. The number of nitrogens with zero attached hydrogens (tertiary/aromatic N) is 2. The van der Waals surface area contributed by atoms with E-state index in [1.807, 2.05) is 0 Å². The zero-order valence-corrected chi connectivity index (χ0v) is 10.8. The van der Waals surface area contributed by atoms with E-state index in [0.29, 0.717) is 13.1 Å². The minimum absolute atomic E-state index is 0.155. The number of carbonyl (C=O) groups excluding carboxylic acids is 1. The van der Waals surface area contributed by atoms with Crippen molar-refractivity contribution in [1.82, 2.24) is 0 Å². The molecule has 7 heteroatoms. The van der Waals surface area contributed by atoms with Crippen molar-refractivity contribution < 1.29 is 14.1 Å². The average Bonchev–Trinajstić information content (AvgIpc) is 2.41. The smallest absolute Gasteiger partial charge is 0.295 e. The van der Waals surface area contributed by atoms with Gasteiger partial charge in [-0.2, -0.15) is 0 Å². The van der Waals surface area contributed by atoms with Crippen LogP contribution in [0.5, 0.6) is 0 Å². The van der Waals surface area contributed by atoms with Crippen molar-refractivity contribution >= 4 is 29.3 Å². The molecular weight excluding hydrogens is 275 g/mol. The summed E-state index contributed by atoms with van der Waals surface area (Å²) in [4.78, 5) is 22.9. The molecule has 1 atom stereocenters. The van der Waals surface area contributed by atoms with Crippen LogP contribution < -0.4 is 4.90 Å². The molecule has 1 saturated heterocycles. The molecule has 0 bridgehead atoms. The highest BCUT2D eigenvalue weighted by molar-refractivity contribution is 6.31. The number of hydrogen-bond donors (Lipinski definition) is 0. The fourth-order valence-electron chi connectivity index (χ4n) is 2.27. The molecular formula is C12H12ClFN2O3. The Bertz CT molecular complexity index is 524.